The predicted octanol–water partition coefficient (Wildman–Crippen LogP) is 3.53. The molecule has 0 amide bonds. The van der Waals surface area contributed by atoms with Crippen LogP contribution in [0.3, 0.4) is 0 Å². The van der Waals surface area contributed by atoms with Crippen LogP contribution in [0.1, 0.15) is 5.56 Å². The molecule has 0 heterocycles. The van der Waals surface area contributed by atoms with E-state index in [1.54, 1.807) is 13.2 Å². The second-order valence-corrected chi connectivity index (χ2v) is 7.52. The van der Waals surface area contributed by atoms with Gasteiger partial charge in [-0.1, -0.05) is 17.8 Å². The van der Waals surface area contributed by atoms with Gasteiger partial charge in [0, 0.05) is 9.79 Å². The van der Waals surface area contributed by atoms with E-state index in [9.17, 15) is 8.42 Å². The van der Waals surface area contributed by atoms with Gasteiger partial charge >= 0.3 is 0 Å². The van der Waals surface area contributed by atoms with Crippen LogP contribution in [0.25, 0.3) is 0 Å². The monoisotopic (exact) mass is 323 g/mol. The zero-order valence-electron chi connectivity index (χ0n) is 12.1. The fourth-order valence-corrected chi connectivity index (χ4v) is 3.41. The smallest absolute Gasteiger partial charge is 0.229 e. The van der Waals surface area contributed by atoms with Gasteiger partial charge in [0.15, 0.2) is 0 Å². The Kier molecular flexibility index (Phi) is 4.80. The van der Waals surface area contributed by atoms with Gasteiger partial charge in [0.05, 0.1) is 19.1 Å². The van der Waals surface area contributed by atoms with Crippen LogP contribution in [0.5, 0.6) is 5.75 Å². The number of aryl methyl sites for hydroxylation is 1. The minimum Gasteiger partial charge on any atom is -0.497 e. The summed E-state index contributed by atoms with van der Waals surface area (Å²) in [5.74, 6) is 0.790. The normalized spacial score (nSPS) is 11.2. The van der Waals surface area contributed by atoms with E-state index >= 15 is 0 Å². The SMILES string of the molecule is COc1ccc(Sc2cc(C)ccc2NS(C)(=O)=O)cc1. The molecule has 0 radical (unpaired) electrons. The zero-order valence-corrected chi connectivity index (χ0v) is 13.7. The molecule has 21 heavy (non-hydrogen) atoms. The fraction of sp³-hybridized carbons (Fsp3) is 0.200. The molecule has 2 aromatic rings. The summed E-state index contributed by atoms with van der Waals surface area (Å²) in [7, 11) is -1.68. The molecule has 0 saturated heterocycles. The van der Waals surface area contributed by atoms with E-state index < -0.39 is 10.0 Å². The Hall–Kier alpha value is -1.66. The summed E-state index contributed by atoms with van der Waals surface area (Å²) in [6, 6.07) is 13.3. The lowest BCUT2D eigenvalue weighted by Gasteiger charge is -2.11. The molecule has 112 valence electrons. The van der Waals surface area contributed by atoms with Crippen molar-refractivity contribution in [2.24, 2.45) is 0 Å². The van der Waals surface area contributed by atoms with Crippen molar-refractivity contribution in [1.82, 2.24) is 0 Å². The van der Waals surface area contributed by atoms with Crippen molar-refractivity contribution in [2.75, 3.05) is 18.1 Å². The quantitative estimate of drug-likeness (QED) is 0.914. The Bertz CT molecular complexity index is 725. The summed E-state index contributed by atoms with van der Waals surface area (Å²) in [6.07, 6.45) is 1.15. The summed E-state index contributed by atoms with van der Waals surface area (Å²) >= 11 is 1.51. The van der Waals surface area contributed by atoms with Crippen molar-refractivity contribution in [3.05, 3.63) is 48.0 Å². The first-order valence-electron chi connectivity index (χ1n) is 6.28. The van der Waals surface area contributed by atoms with E-state index in [2.05, 4.69) is 4.72 Å². The van der Waals surface area contributed by atoms with E-state index in [-0.39, 0.29) is 0 Å². The second kappa shape index (κ2) is 6.41. The molecule has 0 bridgehead atoms. The summed E-state index contributed by atoms with van der Waals surface area (Å²) in [5.41, 5.74) is 1.66. The van der Waals surface area contributed by atoms with Crippen molar-refractivity contribution in [3.8, 4) is 5.75 Å². The van der Waals surface area contributed by atoms with Gasteiger partial charge in [0.1, 0.15) is 5.75 Å². The Balaban J connectivity index is 2.30. The first-order chi connectivity index (χ1) is 9.87. The molecule has 2 rings (SSSR count). The lowest BCUT2D eigenvalue weighted by molar-refractivity contribution is 0.414. The van der Waals surface area contributed by atoms with Crippen molar-refractivity contribution >= 4 is 27.5 Å². The molecular formula is C15H17NO3S2. The van der Waals surface area contributed by atoms with Crippen LogP contribution >= 0.6 is 11.8 Å². The third-order valence-electron chi connectivity index (χ3n) is 2.72. The molecule has 0 aliphatic heterocycles. The zero-order chi connectivity index (χ0) is 15.5. The molecule has 0 spiro atoms. The standard InChI is InChI=1S/C15H17NO3S2/c1-11-4-9-14(16-21(3,17)18)15(10-11)20-13-7-5-12(19-2)6-8-13/h4-10,16H,1-3H3. The number of hydrogen-bond acceptors (Lipinski definition) is 4. The fourth-order valence-electron chi connectivity index (χ4n) is 1.77. The Labute approximate surface area is 129 Å². The maximum absolute atomic E-state index is 11.4. The highest BCUT2D eigenvalue weighted by Gasteiger charge is 2.09. The number of methoxy groups -OCH3 is 1. The molecule has 6 heteroatoms. The minimum atomic E-state index is -3.30. The molecule has 0 aliphatic rings. The van der Waals surface area contributed by atoms with E-state index in [0.29, 0.717) is 5.69 Å². The third kappa shape index (κ3) is 4.68. The molecule has 2 aromatic carbocycles. The van der Waals surface area contributed by atoms with E-state index in [1.165, 1.54) is 11.8 Å². The Morgan fingerprint density at radius 1 is 1.10 bits per heavy atom. The number of nitrogens with one attached hydrogen (secondary N) is 1. The van der Waals surface area contributed by atoms with E-state index in [0.717, 1.165) is 27.4 Å². The molecule has 0 aromatic heterocycles. The Morgan fingerprint density at radius 3 is 2.33 bits per heavy atom. The number of hydrogen-bond donors (Lipinski definition) is 1. The van der Waals surface area contributed by atoms with Gasteiger partial charge in [-0.3, -0.25) is 4.72 Å². The molecule has 0 atom stereocenters. The molecule has 0 unspecified atom stereocenters. The van der Waals surface area contributed by atoms with Crippen LogP contribution in [-0.2, 0) is 10.0 Å². The maximum atomic E-state index is 11.4. The van der Waals surface area contributed by atoms with E-state index in [4.69, 9.17) is 4.74 Å². The Morgan fingerprint density at radius 2 is 1.76 bits per heavy atom. The molecule has 0 aliphatic carbocycles. The average molecular weight is 323 g/mol. The van der Waals surface area contributed by atoms with Gasteiger partial charge in [-0.05, 0) is 48.9 Å². The lowest BCUT2D eigenvalue weighted by Crippen LogP contribution is -2.10. The first-order valence-corrected chi connectivity index (χ1v) is 8.98. The molecule has 4 nitrogen and oxygen atoms in total. The van der Waals surface area contributed by atoms with Crippen molar-refractivity contribution in [2.45, 2.75) is 16.7 Å². The van der Waals surface area contributed by atoms with Crippen LogP contribution in [-0.4, -0.2) is 21.8 Å². The molecule has 0 fully saturated rings. The van der Waals surface area contributed by atoms with Gasteiger partial charge in [-0.2, -0.15) is 0 Å². The van der Waals surface area contributed by atoms with Gasteiger partial charge in [0.25, 0.3) is 0 Å². The average Bonchev–Trinajstić information content (AvgIpc) is 2.41. The molecule has 1 N–H and O–H groups in total. The maximum Gasteiger partial charge on any atom is 0.229 e. The third-order valence-corrected chi connectivity index (χ3v) is 4.38. The summed E-state index contributed by atoms with van der Waals surface area (Å²) in [4.78, 5) is 1.88. The van der Waals surface area contributed by atoms with Gasteiger partial charge in [-0.15, -0.1) is 0 Å². The van der Waals surface area contributed by atoms with Crippen LogP contribution in [0.4, 0.5) is 5.69 Å². The predicted molar refractivity (Wildman–Crippen MR) is 86.8 cm³/mol. The topological polar surface area (TPSA) is 55.4 Å². The van der Waals surface area contributed by atoms with Gasteiger partial charge in [-0.25, -0.2) is 8.42 Å². The number of anilines is 1. The van der Waals surface area contributed by atoms with Crippen molar-refractivity contribution in [1.29, 1.82) is 0 Å². The van der Waals surface area contributed by atoms with Crippen LogP contribution in [0, 0.1) is 6.92 Å². The highest BCUT2D eigenvalue weighted by atomic mass is 32.2. The lowest BCUT2D eigenvalue weighted by atomic mass is 10.2. The number of rotatable bonds is 5. The summed E-state index contributed by atoms with van der Waals surface area (Å²) < 4.78 is 30.5. The van der Waals surface area contributed by atoms with Crippen LogP contribution in [0.2, 0.25) is 0 Å². The minimum absolute atomic E-state index is 0.587. The highest BCUT2D eigenvalue weighted by Crippen LogP contribution is 2.35. The van der Waals surface area contributed by atoms with Crippen molar-refractivity contribution < 1.29 is 13.2 Å². The van der Waals surface area contributed by atoms with Gasteiger partial charge in [0.2, 0.25) is 10.0 Å². The van der Waals surface area contributed by atoms with Crippen molar-refractivity contribution in [3.63, 3.8) is 0 Å². The van der Waals surface area contributed by atoms with E-state index in [1.807, 2.05) is 43.3 Å². The molecule has 0 saturated carbocycles. The number of sulfonamides is 1. The van der Waals surface area contributed by atoms with Crippen LogP contribution in [0.15, 0.2) is 52.3 Å². The van der Waals surface area contributed by atoms with Crippen LogP contribution < -0.4 is 9.46 Å². The number of ether oxygens (including phenoxy) is 1. The largest absolute Gasteiger partial charge is 0.497 e. The van der Waals surface area contributed by atoms with Gasteiger partial charge < -0.3 is 4.74 Å². The number of benzene rings is 2. The summed E-state index contributed by atoms with van der Waals surface area (Å²) in [5, 5.41) is 0. The first kappa shape index (κ1) is 15.7. The summed E-state index contributed by atoms with van der Waals surface area (Å²) in [6.45, 7) is 1.97. The second-order valence-electron chi connectivity index (χ2n) is 4.65. The molecular weight excluding hydrogens is 306 g/mol. The highest BCUT2D eigenvalue weighted by molar-refractivity contribution is 7.99.